The number of carboxylic acid groups (broad SMARTS) is 1. The smallest absolute Gasteiger partial charge is 0.269 e. The number of aromatic nitrogens is 3. The molecule has 0 bridgehead atoms. The zero-order valence-corrected chi connectivity index (χ0v) is 11.6. The standard InChI is InChI=1S/C15H10N4O4/c20-15(21)13-14(10-4-2-1-3-5-10)18(17-16-13)11-6-8-12(9-7-11)19(22)23/h1-9H,(H,20,21)/p-1. The molecule has 0 fully saturated rings. The monoisotopic (exact) mass is 309 g/mol. The summed E-state index contributed by atoms with van der Waals surface area (Å²) in [5, 5.41) is 29.5. The number of benzene rings is 2. The van der Waals surface area contributed by atoms with Crippen molar-refractivity contribution in [1.29, 1.82) is 0 Å². The summed E-state index contributed by atoms with van der Waals surface area (Å²) in [6, 6.07) is 14.3. The molecule has 3 aromatic rings. The fourth-order valence-corrected chi connectivity index (χ4v) is 2.17. The Hall–Kier alpha value is -3.55. The molecule has 0 aliphatic rings. The van der Waals surface area contributed by atoms with Crippen molar-refractivity contribution in [2.75, 3.05) is 0 Å². The SMILES string of the molecule is O=C([O-])c1nnn(-c2ccc([N+](=O)[O-])cc2)c1-c1ccccc1. The third-order valence-corrected chi connectivity index (χ3v) is 3.22. The van der Waals surface area contributed by atoms with E-state index in [1.54, 1.807) is 30.3 Å². The predicted octanol–water partition coefficient (Wildman–Crippen LogP) is 1.21. The number of nitrogens with zero attached hydrogens (tertiary/aromatic N) is 4. The summed E-state index contributed by atoms with van der Waals surface area (Å²) in [5.74, 6) is -1.45. The van der Waals surface area contributed by atoms with E-state index < -0.39 is 10.9 Å². The molecular weight excluding hydrogens is 300 g/mol. The molecule has 0 radical (unpaired) electrons. The molecule has 0 unspecified atom stereocenters. The third kappa shape index (κ3) is 2.64. The zero-order chi connectivity index (χ0) is 16.4. The summed E-state index contributed by atoms with van der Waals surface area (Å²) < 4.78 is 1.31. The maximum Gasteiger partial charge on any atom is 0.269 e. The lowest BCUT2D eigenvalue weighted by Crippen LogP contribution is -2.23. The first kappa shape index (κ1) is 14.4. The van der Waals surface area contributed by atoms with Gasteiger partial charge in [-0.2, -0.15) is 0 Å². The zero-order valence-electron chi connectivity index (χ0n) is 11.6. The highest BCUT2D eigenvalue weighted by Crippen LogP contribution is 2.25. The van der Waals surface area contributed by atoms with Gasteiger partial charge in [-0.3, -0.25) is 10.1 Å². The van der Waals surface area contributed by atoms with Crippen molar-refractivity contribution in [2.45, 2.75) is 0 Å². The first-order valence-electron chi connectivity index (χ1n) is 6.55. The van der Waals surface area contributed by atoms with Gasteiger partial charge in [0.1, 0.15) is 11.4 Å². The van der Waals surface area contributed by atoms with Gasteiger partial charge in [0.2, 0.25) is 0 Å². The topological polar surface area (TPSA) is 114 Å². The Bertz CT molecular complexity index is 872. The Morgan fingerprint density at radius 1 is 1.04 bits per heavy atom. The van der Waals surface area contributed by atoms with Gasteiger partial charge in [0.25, 0.3) is 5.69 Å². The maximum atomic E-state index is 11.3. The van der Waals surface area contributed by atoms with Gasteiger partial charge in [0.15, 0.2) is 0 Å². The Morgan fingerprint density at radius 2 is 1.70 bits per heavy atom. The van der Waals surface area contributed by atoms with E-state index in [0.29, 0.717) is 11.3 Å². The van der Waals surface area contributed by atoms with Crippen LogP contribution in [0.5, 0.6) is 0 Å². The van der Waals surface area contributed by atoms with Crippen LogP contribution in [0, 0.1) is 10.1 Å². The molecule has 1 aromatic heterocycles. The van der Waals surface area contributed by atoms with Crippen LogP contribution in [0.1, 0.15) is 10.5 Å². The van der Waals surface area contributed by atoms with Crippen LogP contribution in [-0.4, -0.2) is 25.9 Å². The van der Waals surface area contributed by atoms with Crippen LogP contribution in [0.25, 0.3) is 16.9 Å². The van der Waals surface area contributed by atoms with Crippen LogP contribution in [0.15, 0.2) is 54.6 Å². The minimum atomic E-state index is -1.45. The van der Waals surface area contributed by atoms with Crippen molar-refractivity contribution in [1.82, 2.24) is 15.0 Å². The normalized spacial score (nSPS) is 10.4. The van der Waals surface area contributed by atoms with Gasteiger partial charge in [-0.15, -0.1) is 5.10 Å². The number of non-ortho nitro benzene ring substituents is 1. The van der Waals surface area contributed by atoms with Crippen molar-refractivity contribution in [3.63, 3.8) is 0 Å². The maximum absolute atomic E-state index is 11.3. The molecule has 2 aromatic carbocycles. The van der Waals surface area contributed by atoms with Crippen molar-refractivity contribution in [2.24, 2.45) is 0 Å². The Kier molecular flexibility index (Phi) is 3.55. The summed E-state index contributed by atoms with van der Waals surface area (Å²) in [5.41, 5.74) is 0.925. The lowest BCUT2D eigenvalue weighted by molar-refractivity contribution is -0.384. The van der Waals surface area contributed by atoms with E-state index in [4.69, 9.17) is 0 Å². The Morgan fingerprint density at radius 3 is 2.26 bits per heavy atom. The second kappa shape index (κ2) is 5.68. The molecule has 0 N–H and O–H groups in total. The number of rotatable bonds is 4. The third-order valence-electron chi connectivity index (χ3n) is 3.22. The number of nitro groups is 1. The van der Waals surface area contributed by atoms with E-state index in [9.17, 15) is 20.0 Å². The molecule has 8 heteroatoms. The van der Waals surface area contributed by atoms with Crippen molar-refractivity contribution < 1.29 is 14.8 Å². The molecule has 0 saturated heterocycles. The van der Waals surface area contributed by atoms with E-state index in [0.717, 1.165) is 0 Å². The van der Waals surface area contributed by atoms with E-state index in [1.807, 2.05) is 0 Å². The highest BCUT2D eigenvalue weighted by molar-refractivity contribution is 5.91. The molecule has 0 saturated carbocycles. The average molecular weight is 309 g/mol. The molecule has 23 heavy (non-hydrogen) atoms. The molecule has 114 valence electrons. The molecule has 0 aliphatic heterocycles. The first-order valence-corrected chi connectivity index (χ1v) is 6.55. The molecular formula is C15H9N4O4-. The second-order valence-electron chi connectivity index (χ2n) is 4.63. The fourth-order valence-electron chi connectivity index (χ4n) is 2.17. The fraction of sp³-hybridized carbons (Fsp3) is 0. The number of carbonyl (C=O) groups is 1. The second-order valence-corrected chi connectivity index (χ2v) is 4.63. The highest BCUT2D eigenvalue weighted by Gasteiger charge is 2.17. The first-order chi connectivity index (χ1) is 11.1. The number of nitro benzene ring substituents is 1. The van der Waals surface area contributed by atoms with Crippen LogP contribution in [0.2, 0.25) is 0 Å². The van der Waals surface area contributed by atoms with Gasteiger partial charge < -0.3 is 9.90 Å². The Labute approximate surface area is 129 Å². The van der Waals surface area contributed by atoms with Gasteiger partial charge in [-0.25, -0.2) is 4.68 Å². The number of carboxylic acids is 1. The lowest BCUT2D eigenvalue weighted by atomic mass is 10.1. The summed E-state index contributed by atoms with van der Waals surface area (Å²) in [4.78, 5) is 21.5. The van der Waals surface area contributed by atoms with E-state index in [-0.39, 0.29) is 17.1 Å². The number of hydrogen-bond donors (Lipinski definition) is 0. The van der Waals surface area contributed by atoms with Crippen molar-refractivity contribution in [3.05, 3.63) is 70.4 Å². The average Bonchev–Trinajstić information content (AvgIpc) is 3.01. The molecule has 0 amide bonds. The highest BCUT2D eigenvalue weighted by atomic mass is 16.6. The summed E-state index contributed by atoms with van der Waals surface area (Å²) >= 11 is 0. The van der Waals surface area contributed by atoms with Crippen LogP contribution in [0.4, 0.5) is 5.69 Å². The van der Waals surface area contributed by atoms with Gasteiger partial charge in [-0.05, 0) is 12.1 Å². The van der Waals surface area contributed by atoms with Gasteiger partial charge in [0, 0.05) is 17.7 Å². The van der Waals surface area contributed by atoms with Crippen molar-refractivity contribution >= 4 is 11.7 Å². The molecule has 0 aliphatic carbocycles. The minimum Gasteiger partial charge on any atom is -0.543 e. The summed E-state index contributed by atoms with van der Waals surface area (Å²) in [7, 11) is 0. The largest absolute Gasteiger partial charge is 0.543 e. The van der Waals surface area contributed by atoms with Gasteiger partial charge >= 0.3 is 0 Å². The van der Waals surface area contributed by atoms with Gasteiger partial charge in [0.05, 0.1) is 16.6 Å². The molecule has 0 atom stereocenters. The number of aromatic carboxylic acids is 1. The van der Waals surface area contributed by atoms with Crippen molar-refractivity contribution in [3.8, 4) is 16.9 Å². The van der Waals surface area contributed by atoms with Crippen LogP contribution in [-0.2, 0) is 0 Å². The predicted molar refractivity (Wildman–Crippen MR) is 77.8 cm³/mol. The van der Waals surface area contributed by atoms with Gasteiger partial charge in [-0.1, -0.05) is 35.5 Å². The van der Waals surface area contributed by atoms with Crippen LogP contribution >= 0.6 is 0 Å². The minimum absolute atomic E-state index is 0.0738. The molecule has 1 heterocycles. The summed E-state index contributed by atoms with van der Waals surface area (Å²) in [6.45, 7) is 0. The van der Waals surface area contributed by atoms with E-state index in [2.05, 4.69) is 10.3 Å². The molecule has 3 rings (SSSR count). The number of hydrogen-bond acceptors (Lipinski definition) is 6. The van der Waals surface area contributed by atoms with E-state index in [1.165, 1.54) is 28.9 Å². The quantitative estimate of drug-likeness (QED) is 0.528. The molecule has 0 spiro atoms. The van der Waals surface area contributed by atoms with Crippen LogP contribution in [0.3, 0.4) is 0 Å². The molecule has 8 nitrogen and oxygen atoms in total. The lowest BCUT2D eigenvalue weighted by Gasteiger charge is -2.08. The summed E-state index contributed by atoms with van der Waals surface area (Å²) in [6.07, 6.45) is 0. The van der Waals surface area contributed by atoms with Crippen LogP contribution < -0.4 is 5.11 Å². The number of carbonyl (C=O) groups excluding carboxylic acids is 1. The van der Waals surface area contributed by atoms with E-state index >= 15 is 0 Å². The Balaban J connectivity index is 2.16.